The van der Waals surface area contributed by atoms with Gasteiger partial charge in [-0.15, -0.1) is 0 Å². The molecule has 69 heavy (non-hydrogen) atoms. The molecule has 0 spiro atoms. The Hall–Kier alpha value is -3.93. The number of hydrogen-bond acceptors (Lipinski definition) is 6. The molecule has 0 aromatic rings. The normalized spacial score (nSPS) is 12.9. The fourth-order valence-electron chi connectivity index (χ4n) is 7.56. The summed E-state index contributed by atoms with van der Waals surface area (Å²) in [4.78, 5) is 38.1. The number of unbranched alkanes of at least 4 members (excludes halogenated alkanes) is 21. The molecule has 0 heterocycles. The minimum absolute atomic E-state index is 0.107. The largest absolute Gasteiger partial charge is 0.462 e. The molecule has 1 unspecified atom stereocenters. The summed E-state index contributed by atoms with van der Waals surface area (Å²) in [6.07, 6.45) is 76.7. The zero-order valence-electron chi connectivity index (χ0n) is 44.8. The van der Waals surface area contributed by atoms with Crippen LogP contribution in [-0.2, 0) is 28.6 Å². The number of carbonyl (C=O) groups is 3. The van der Waals surface area contributed by atoms with Gasteiger partial charge in [0.1, 0.15) is 13.2 Å². The van der Waals surface area contributed by atoms with Crippen LogP contribution in [0.4, 0.5) is 0 Å². The lowest BCUT2D eigenvalue weighted by Crippen LogP contribution is -2.30. The Morgan fingerprint density at radius 3 is 0.986 bits per heavy atom. The third-order valence-corrected chi connectivity index (χ3v) is 11.8. The predicted octanol–water partition coefficient (Wildman–Crippen LogP) is 19.1. The molecular formula is C63H104O6. The van der Waals surface area contributed by atoms with Crippen molar-refractivity contribution in [1.29, 1.82) is 0 Å². The topological polar surface area (TPSA) is 78.9 Å². The van der Waals surface area contributed by atoms with Gasteiger partial charge in [-0.1, -0.05) is 233 Å². The van der Waals surface area contributed by atoms with Gasteiger partial charge in [-0.2, -0.15) is 0 Å². The van der Waals surface area contributed by atoms with Crippen LogP contribution in [-0.4, -0.2) is 37.2 Å². The highest BCUT2D eigenvalue weighted by molar-refractivity contribution is 5.71. The second-order valence-corrected chi connectivity index (χ2v) is 18.4. The summed E-state index contributed by atoms with van der Waals surface area (Å²) in [6, 6.07) is 0. The molecule has 6 heteroatoms. The lowest BCUT2D eigenvalue weighted by atomic mass is 10.1. The number of allylic oxidation sites excluding steroid dienone is 18. The van der Waals surface area contributed by atoms with Gasteiger partial charge in [0.2, 0.25) is 0 Å². The van der Waals surface area contributed by atoms with Gasteiger partial charge < -0.3 is 14.2 Å². The van der Waals surface area contributed by atoms with Gasteiger partial charge in [-0.3, -0.25) is 14.4 Å². The van der Waals surface area contributed by atoms with Crippen molar-refractivity contribution in [2.75, 3.05) is 13.2 Å². The van der Waals surface area contributed by atoms with Crippen molar-refractivity contribution >= 4 is 17.9 Å². The first-order valence-electron chi connectivity index (χ1n) is 28.4. The number of hydrogen-bond donors (Lipinski definition) is 0. The Kier molecular flexibility index (Phi) is 53.4. The molecule has 0 saturated carbocycles. The van der Waals surface area contributed by atoms with Crippen molar-refractivity contribution in [2.45, 2.75) is 258 Å². The molecule has 0 radical (unpaired) electrons. The fourth-order valence-corrected chi connectivity index (χ4v) is 7.56. The molecule has 0 bridgehead atoms. The molecule has 6 nitrogen and oxygen atoms in total. The molecule has 0 aromatic carbocycles. The third-order valence-electron chi connectivity index (χ3n) is 11.8. The second kappa shape index (κ2) is 56.7. The molecule has 392 valence electrons. The third kappa shape index (κ3) is 54.9. The number of carbonyl (C=O) groups excluding carboxylic acids is 3. The first kappa shape index (κ1) is 65.1. The van der Waals surface area contributed by atoms with E-state index in [0.29, 0.717) is 19.3 Å². The van der Waals surface area contributed by atoms with Crippen LogP contribution in [0.2, 0.25) is 0 Å². The van der Waals surface area contributed by atoms with Gasteiger partial charge in [-0.05, 0) is 109 Å². The van der Waals surface area contributed by atoms with Crippen molar-refractivity contribution in [2.24, 2.45) is 0 Å². The fraction of sp³-hybridized carbons (Fsp3) is 0.667. The summed E-state index contributed by atoms with van der Waals surface area (Å²) in [5, 5.41) is 0. The molecule has 0 aliphatic rings. The summed E-state index contributed by atoms with van der Waals surface area (Å²) in [5.41, 5.74) is 0. The maximum Gasteiger partial charge on any atom is 0.306 e. The maximum absolute atomic E-state index is 12.8. The molecule has 0 N–H and O–H groups in total. The van der Waals surface area contributed by atoms with E-state index in [-0.39, 0.29) is 37.5 Å². The number of esters is 3. The summed E-state index contributed by atoms with van der Waals surface area (Å²) >= 11 is 0. The van der Waals surface area contributed by atoms with Crippen molar-refractivity contribution in [1.82, 2.24) is 0 Å². The molecule has 0 saturated heterocycles. The number of ether oxygens (including phenoxy) is 3. The smallest absolute Gasteiger partial charge is 0.306 e. The molecule has 0 aliphatic carbocycles. The van der Waals surface area contributed by atoms with E-state index in [1.54, 1.807) is 0 Å². The van der Waals surface area contributed by atoms with Crippen LogP contribution in [0.25, 0.3) is 0 Å². The van der Waals surface area contributed by atoms with Gasteiger partial charge in [0, 0.05) is 19.3 Å². The van der Waals surface area contributed by atoms with Crippen molar-refractivity contribution in [3.8, 4) is 0 Å². The van der Waals surface area contributed by atoms with Crippen LogP contribution in [0, 0.1) is 0 Å². The highest BCUT2D eigenvalue weighted by Crippen LogP contribution is 2.14. The van der Waals surface area contributed by atoms with Gasteiger partial charge >= 0.3 is 17.9 Å². The quantitative estimate of drug-likeness (QED) is 0.0262. The van der Waals surface area contributed by atoms with E-state index in [1.165, 1.54) is 103 Å². The first-order valence-corrected chi connectivity index (χ1v) is 28.4. The van der Waals surface area contributed by atoms with Gasteiger partial charge in [0.05, 0.1) is 0 Å². The van der Waals surface area contributed by atoms with Crippen LogP contribution in [0.15, 0.2) is 109 Å². The van der Waals surface area contributed by atoms with E-state index < -0.39 is 6.10 Å². The average Bonchev–Trinajstić information content (AvgIpc) is 3.35. The van der Waals surface area contributed by atoms with Gasteiger partial charge in [0.15, 0.2) is 6.10 Å². The molecule has 0 aliphatic heterocycles. The number of rotatable bonds is 50. The summed E-state index contributed by atoms with van der Waals surface area (Å²) in [6.45, 7) is 6.33. The summed E-state index contributed by atoms with van der Waals surface area (Å²) < 4.78 is 16.8. The molecule has 0 rings (SSSR count). The van der Waals surface area contributed by atoms with E-state index in [4.69, 9.17) is 14.2 Å². The highest BCUT2D eigenvalue weighted by Gasteiger charge is 2.19. The summed E-state index contributed by atoms with van der Waals surface area (Å²) in [7, 11) is 0. The van der Waals surface area contributed by atoms with E-state index in [9.17, 15) is 14.4 Å². The van der Waals surface area contributed by atoms with Crippen LogP contribution < -0.4 is 0 Å². The van der Waals surface area contributed by atoms with Crippen LogP contribution in [0.3, 0.4) is 0 Å². The lowest BCUT2D eigenvalue weighted by molar-refractivity contribution is -0.166. The highest BCUT2D eigenvalue weighted by atomic mass is 16.6. The zero-order valence-corrected chi connectivity index (χ0v) is 44.8. The average molecular weight is 958 g/mol. The summed E-state index contributed by atoms with van der Waals surface area (Å²) in [5.74, 6) is -1.00. The monoisotopic (exact) mass is 957 g/mol. The Morgan fingerprint density at radius 1 is 0.304 bits per heavy atom. The van der Waals surface area contributed by atoms with Crippen LogP contribution in [0.5, 0.6) is 0 Å². The van der Waals surface area contributed by atoms with E-state index >= 15 is 0 Å². The molecule has 1 atom stereocenters. The zero-order chi connectivity index (χ0) is 50.0. The van der Waals surface area contributed by atoms with Crippen molar-refractivity contribution in [3.63, 3.8) is 0 Å². The van der Waals surface area contributed by atoms with Crippen LogP contribution >= 0.6 is 0 Å². The van der Waals surface area contributed by atoms with Gasteiger partial charge in [0.25, 0.3) is 0 Å². The van der Waals surface area contributed by atoms with Crippen LogP contribution in [0.1, 0.15) is 252 Å². The Labute approximate surface area is 425 Å². The Morgan fingerprint density at radius 2 is 0.594 bits per heavy atom. The van der Waals surface area contributed by atoms with Crippen molar-refractivity contribution < 1.29 is 28.6 Å². The lowest BCUT2D eigenvalue weighted by Gasteiger charge is -2.18. The standard InChI is InChI=1S/C63H104O6/c1-4-7-10-13-16-19-22-25-27-28-29-30-31-32-33-34-36-38-41-44-47-50-53-56-62(65)68-59-60(58-67-61(64)55-52-49-46-43-40-37-24-21-18-15-12-9-6-3)69-63(66)57-54-51-48-45-42-39-35-26-23-20-17-14-11-8-5-2/h7,9-10,12,16,18-19,21,25-27,29-30,35,37,40,46,49,60H,4-6,8,11,13-15,17,20,22-24,28,31-34,36,38-39,41-45,47-48,50-59H2,1-3H3/b10-7-,12-9-,19-16-,21-18-,27-25-,30-29-,35-26-,40-37-,49-46-. The molecular weight excluding hydrogens is 853 g/mol. The Bertz CT molecular complexity index is 1420. The second-order valence-electron chi connectivity index (χ2n) is 18.4. The Balaban J connectivity index is 4.40. The SMILES string of the molecule is CC/C=C\C/C=C\C/C=C\C/C=C\CCCCCCCCCCCCC(=O)OCC(COC(=O)CC/C=C\C/C=C\C/C=C\C/C=C\CC)OC(=O)CCCCCCC/C=C\CCCCCCCC. The molecule has 0 amide bonds. The first-order chi connectivity index (χ1) is 34.0. The maximum atomic E-state index is 12.8. The van der Waals surface area contributed by atoms with E-state index in [2.05, 4.69) is 124 Å². The molecule has 0 fully saturated rings. The minimum Gasteiger partial charge on any atom is -0.462 e. The minimum atomic E-state index is -0.814. The van der Waals surface area contributed by atoms with E-state index in [0.717, 1.165) is 103 Å². The van der Waals surface area contributed by atoms with Gasteiger partial charge in [-0.25, -0.2) is 0 Å². The van der Waals surface area contributed by atoms with E-state index in [1.807, 2.05) is 6.08 Å². The molecule has 0 aromatic heterocycles. The predicted molar refractivity (Wildman–Crippen MR) is 297 cm³/mol. The van der Waals surface area contributed by atoms with Crippen molar-refractivity contribution in [3.05, 3.63) is 109 Å².